The van der Waals surface area contributed by atoms with Crippen molar-refractivity contribution in [1.29, 1.82) is 0 Å². The van der Waals surface area contributed by atoms with E-state index in [2.05, 4.69) is 15.3 Å². The van der Waals surface area contributed by atoms with Crippen molar-refractivity contribution in [2.24, 2.45) is 0 Å². The number of aromatic nitrogens is 2. The number of hydrogen-bond donors (Lipinski definition) is 1. The van der Waals surface area contributed by atoms with E-state index in [9.17, 15) is 4.79 Å². The Kier molecular flexibility index (Phi) is 4.02. The van der Waals surface area contributed by atoms with Gasteiger partial charge in [-0.25, -0.2) is 9.97 Å². The van der Waals surface area contributed by atoms with Crippen LogP contribution in [0, 0.1) is 13.8 Å². The lowest BCUT2D eigenvalue weighted by Crippen LogP contribution is -2.15. The van der Waals surface area contributed by atoms with Gasteiger partial charge >= 0.3 is 0 Å². The summed E-state index contributed by atoms with van der Waals surface area (Å²) in [6.07, 6.45) is 0. The highest BCUT2D eigenvalue weighted by Crippen LogP contribution is 2.26. The topological polar surface area (TPSA) is 54.9 Å². The van der Waals surface area contributed by atoms with E-state index in [-0.39, 0.29) is 16.2 Å². The van der Waals surface area contributed by atoms with E-state index in [1.54, 1.807) is 25.1 Å². The lowest BCUT2D eigenvalue weighted by Gasteiger charge is -2.10. The number of hydrogen-bond acceptors (Lipinski definition) is 3. The Morgan fingerprint density at radius 1 is 1.21 bits per heavy atom. The molecule has 0 fully saturated rings. The van der Waals surface area contributed by atoms with Crippen molar-refractivity contribution in [3.63, 3.8) is 0 Å². The molecule has 2 heterocycles. The molecule has 0 aliphatic rings. The number of nitrogens with zero attached hydrogens (tertiary/aromatic N) is 2. The first-order valence-electron chi connectivity index (χ1n) is 5.55. The molecule has 6 heteroatoms. The van der Waals surface area contributed by atoms with Gasteiger partial charge in [0.15, 0.2) is 5.15 Å². The van der Waals surface area contributed by atoms with E-state index < -0.39 is 0 Å². The smallest absolute Gasteiger partial charge is 0.274 e. The molecule has 4 nitrogen and oxygen atoms in total. The minimum atomic E-state index is -0.335. The molecule has 0 aromatic carbocycles. The van der Waals surface area contributed by atoms with Crippen molar-refractivity contribution < 1.29 is 4.79 Å². The number of carbonyl (C=O) groups is 1. The Morgan fingerprint density at radius 2 is 1.95 bits per heavy atom. The second-order valence-corrected chi connectivity index (χ2v) is 4.79. The van der Waals surface area contributed by atoms with Crippen molar-refractivity contribution in [3.8, 4) is 0 Å². The molecule has 0 saturated carbocycles. The summed E-state index contributed by atoms with van der Waals surface area (Å²) in [7, 11) is 0. The van der Waals surface area contributed by atoms with E-state index in [0.29, 0.717) is 11.4 Å². The van der Waals surface area contributed by atoms with Gasteiger partial charge in [0.1, 0.15) is 10.8 Å². The third-order valence-electron chi connectivity index (χ3n) is 2.50. The number of amides is 1. The zero-order valence-corrected chi connectivity index (χ0v) is 11.9. The maximum atomic E-state index is 12.1. The quantitative estimate of drug-likeness (QED) is 0.861. The summed E-state index contributed by atoms with van der Waals surface area (Å²) in [5, 5.41) is 3.14. The predicted octanol–water partition coefficient (Wildman–Crippen LogP) is 3.65. The molecule has 0 atom stereocenters. The average Bonchev–Trinajstić information content (AvgIpc) is 2.33. The van der Waals surface area contributed by atoms with E-state index >= 15 is 0 Å². The van der Waals surface area contributed by atoms with E-state index in [1.165, 1.54) is 0 Å². The molecule has 0 radical (unpaired) electrons. The molecule has 1 N–H and O–H groups in total. The third-order valence-corrected chi connectivity index (χ3v) is 2.97. The van der Waals surface area contributed by atoms with Gasteiger partial charge in [-0.1, -0.05) is 29.3 Å². The van der Waals surface area contributed by atoms with Crippen molar-refractivity contribution in [2.45, 2.75) is 13.8 Å². The van der Waals surface area contributed by atoms with Crippen LogP contribution in [0.3, 0.4) is 0 Å². The summed E-state index contributed by atoms with van der Waals surface area (Å²) in [5.41, 5.74) is 2.28. The molecule has 98 valence electrons. The molecule has 0 bridgehead atoms. The average molecular weight is 296 g/mol. The van der Waals surface area contributed by atoms with Crippen molar-refractivity contribution >= 4 is 34.8 Å². The molecule has 0 aliphatic heterocycles. The van der Waals surface area contributed by atoms with Crippen molar-refractivity contribution in [1.82, 2.24) is 9.97 Å². The number of halogens is 2. The summed E-state index contributed by atoms with van der Waals surface area (Å²) >= 11 is 11.7. The Balaban J connectivity index is 2.29. The fraction of sp³-hybridized carbons (Fsp3) is 0.154. The highest BCUT2D eigenvalue weighted by atomic mass is 35.5. The zero-order valence-electron chi connectivity index (χ0n) is 10.4. The summed E-state index contributed by atoms with van der Waals surface area (Å²) in [6, 6.07) is 6.85. The third kappa shape index (κ3) is 3.22. The first kappa shape index (κ1) is 13.8. The number of pyridine rings is 2. The minimum Gasteiger partial charge on any atom is -0.318 e. The standard InChI is InChI=1S/C13H11Cl2N3O/c1-7-6-10(14)17-12(15)11(7)18-13(19)9-5-3-4-8(2)16-9/h3-6H,1-2H3,(H,18,19). The number of rotatable bonds is 2. The summed E-state index contributed by atoms with van der Waals surface area (Å²) < 4.78 is 0. The normalized spacial score (nSPS) is 10.3. The SMILES string of the molecule is Cc1cccc(C(=O)Nc2c(C)cc(Cl)nc2Cl)n1. The largest absolute Gasteiger partial charge is 0.318 e. The first-order valence-corrected chi connectivity index (χ1v) is 6.30. The molecule has 19 heavy (non-hydrogen) atoms. The Bertz CT molecular complexity index is 621. The molecular formula is C13H11Cl2N3O. The van der Waals surface area contributed by atoms with Gasteiger partial charge in [-0.2, -0.15) is 0 Å². The van der Waals surface area contributed by atoms with Gasteiger partial charge in [-0.05, 0) is 37.6 Å². The van der Waals surface area contributed by atoms with Gasteiger partial charge in [0.05, 0.1) is 5.69 Å². The Hall–Kier alpha value is -1.65. The molecule has 0 unspecified atom stereocenters. The van der Waals surface area contributed by atoms with Crippen LogP contribution in [-0.2, 0) is 0 Å². The highest BCUT2D eigenvalue weighted by molar-refractivity contribution is 6.35. The Labute approximate surface area is 120 Å². The van der Waals surface area contributed by atoms with Crippen LogP contribution in [0.25, 0.3) is 0 Å². The highest BCUT2D eigenvalue weighted by Gasteiger charge is 2.13. The first-order chi connectivity index (χ1) is 8.97. The number of carbonyl (C=O) groups excluding carboxylic acids is 1. The molecule has 0 saturated heterocycles. The van der Waals surface area contributed by atoms with Gasteiger partial charge in [0.25, 0.3) is 5.91 Å². The summed E-state index contributed by atoms with van der Waals surface area (Å²) in [4.78, 5) is 20.1. The second kappa shape index (κ2) is 5.55. The van der Waals surface area contributed by atoms with Crippen LogP contribution in [0.1, 0.15) is 21.7 Å². The number of nitrogens with one attached hydrogen (secondary N) is 1. The fourth-order valence-electron chi connectivity index (χ4n) is 1.59. The maximum Gasteiger partial charge on any atom is 0.274 e. The second-order valence-electron chi connectivity index (χ2n) is 4.05. The van der Waals surface area contributed by atoms with Crippen LogP contribution in [0.2, 0.25) is 10.3 Å². The van der Waals surface area contributed by atoms with Gasteiger partial charge in [-0.3, -0.25) is 4.79 Å². The fourth-order valence-corrected chi connectivity index (χ4v) is 2.17. The summed E-state index contributed by atoms with van der Waals surface area (Å²) in [6.45, 7) is 3.61. The van der Waals surface area contributed by atoms with Crippen LogP contribution in [-0.4, -0.2) is 15.9 Å². The number of aryl methyl sites for hydroxylation is 2. The van der Waals surface area contributed by atoms with Crippen LogP contribution in [0.5, 0.6) is 0 Å². The molecule has 2 aromatic heterocycles. The molecule has 1 amide bonds. The Morgan fingerprint density at radius 3 is 2.58 bits per heavy atom. The van der Waals surface area contributed by atoms with Gasteiger partial charge in [0, 0.05) is 5.69 Å². The van der Waals surface area contributed by atoms with Crippen LogP contribution < -0.4 is 5.32 Å². The van der Waals surface area contributed by atoms with E-state index in [0.717, 1.165) is 11.3 Å². The van der Waals surface area contributed by atoms with Crippen LogP contribution in [0.15, 0.2) is 24.3 Å². The maximum absolute atomic E-state index is 12.1. The van der Waals surface area contributed by atoms with Crippen molar-refractivity contribution in [3.05, 3.63) is 51.5 Å². The van der Waals surface area contributed by atoms with Gasteiger partial charge < -0.3 is 5.32 Å². The number of anilines is 1. The van der Waals surface area contributed by atoms with Crippen molar-refractivity contribution in [2.75, 3.05) is 5.32 Å². The molecular weight excluding hydrogens is 285 g/mol. The minimum absolute atomic E-state index is 0.158. The summed E-state index contributed by atoms with van der Waals surface area (Å²) in [5.74, 6) is -0.335. The molecule has 2 rings (SSSR count). The monoisotopic (exact) mass is 295 g/mol. The van der Waals surface area contributed by atoms with E-state index in [1.807, 2.05) is 13.0 Å². The van der Waals surface area contributed by atoms with Crippen LogP contribution >= 0.6 is 23.2 Å². The lowest BCUT2D eigenvalue weighted by atomic mass is 10.2. The zero-order chi connectivity index (χ0) is 14.0. The van der Waals surface area contributed by atoms with E-state index in [4.69, 9.17) is 23.2 Å². The molecule has 0 aliphatic carbocycles. The lowest BCUT2D eigenvalue weighted by molar-refractivity contribution is 0.102. The van der Waals surface area contributed by atoms with Gasteiger partial charge in [0.2, 0.25) is 0 Å². The van der Waals surface area contributed by atoms with Crippen LogP contribution in [0.4, 0.5) is 5.69 Å². The molecule has 0 spiro atoms. The molecule has 2 aromatic rings. The van der Waals surface area contributed by atoms with Gasteiger partial charge in [-0.15, -0.1) is 0 Å². The predicted molar refractivity (Wildman–Crippen MR) is 75.9 cm³/mol.